The fourth-order valence-corrected chi connectivity index (χ4v) is 4.92. The van der Waals surface area contributed by atoms with Gasteiger partial charge < -0.3 is 20.3 Å². The Morgan fingerprint density at radius 2 is 1.93 bits per heavy atom. The van der Waals surface area contributed by atoms with Crippen LogP contribution in [-0.4, -0.2) is 87.2 Å². The summed E-state index contributed by atoms with van der Waals surface area (Å²) in [6, 6.07) is 0.841. The predicted molar refractivity (Wildman–Crippen MR) is 113 cm³/mol. The average Bonchev–Trinajstić information content (AvgIpc) is 3.39. The third kappa shape index (κ3) is 5.83. The van der Waals surface area contributed by atoms with Gasteiger partial charge in [0.15, 0.2) is 5.96 Å². The van der Waals surface area contributed by atoms with Crippen molar-refractivity contribution in [1.82, 2.24) is 20.4 Å². The van der Waals surface area contributed by atoms with E-state index in [1.807, 2.05) is 7.05 Å². The third-order valence-electron chi connectivity index (χ3n) is 6.61. The second-order valence-electron chi connectivity index (χ2n) is 8.53. The van der Waals surface area contributed by atoms with Crippen LogP contribution >= 0.6 is 0 Å². The molecule has 0 aromatic heterocycles. The highest BCUT2D eigenvalue weighted by atomic mass is 16.5. The zero-order chi connectivity index (χ0) is 19.8. The highest BCUT2D eigenvalue weighted by molar-refractivity contribution is 5.81. The summed E-state index contributed by atoms with van der Waals surface area (Å²) in [6.45, 7) is 5.52. The Morgan fingerprint density at radius 3 is 2.68 bits per heavy atom. The summed E-state index contributed by atoms with van der Waals surface area (Å²) >= 11 is 0. The van der Waals surface area contributed by atoms with Crippen LogP contribution in [-0.2, 0) is 9.53 Å². The maximum atomic E-state index is 12.8. The van der Waals surface area contributed by atoms with Crippen LogP contribution in [0.5, 0.6) is 0 Å². The molecule has 1 aliphatic carbocycles. The zero-order valence-corrected chi connectivity index (χ0v) is 17.8. The fraction of sp³-hybridized carbons (Fsp3) is 0.905. The monoisotopic (exact) mass is 393 g/mol. The minimum atomic E-state index is 0.269. The molecule has 3 rings (SSSR count). The van der Waals surface area contributed by atoms with Gasteiger partial charge in [0, 0.05) is 58.3 Å². The second kappa shape index (κ2) is 11.0. The van der Waals surface area contributed by atoms with E-state index in [0.29, 0.717) is 18.0 Å². The van der Waals surface area contributed by atoms with E-state index in [1.54, 1.807) is 7.11 Å². The van der Waals surface area contributed by atoms with Crippen molar-refractivity contribution in [2.24, 2.45) is 10.9 Å². The van der Waals surface area contributed by atoms with Gasteiger partial charge in [0.05, 0.1) is 6.61 Å². The third-order valence-corrected chi connectivity index (χ3v) is 6.61. The maximum Gasteiger partial charge on any atom is 0.225 e. The molecule has 2 unspecified atom stereocenters. The highest BCUT2D eigenvalue weighted by Crippen LogP contribution is 2.26. The molecule has 0 spiro atoms. The number of aliphatic imine (C=N–C) groups is 1. The Balaban J connectivity index is 1.40. The number of methoxy groups -OCH3 is 1. The first kappa shape index (κ1) is 21.4. The Morgan fingerprint density at radius 1 is 1.11 bits per heavy atom. The molecule has 2 N–H and O–H groups in total. The van der Waals surface area contributed by atoms with Gasteiger partial charge in [0.1, 0.15) is 0 Å². The summed E-state index contributed by atoms with van der Waals surface area (Å²) < 4.78 is 5.23. The second-order valence-corrected chi connectivity index (χ2v) is 8.53. The number of guanidine groups is 1. The van der Waals surface area contributed by atoms with Gasteiger partial charge in [-0.1, -0.05) is 19.3 Å². The lowest BCUT2D eigenvalue weighted by Crippen LogP contribution is -2.49. The molecular weight excluding hydrogens is 354 g/mol. The largest absolute Gasteiger partial charge is 0.383 e. The van der Waals surface area contributed by atoms with Gasteiger partial charge >= 0.3 is 0 Å². The van der Waals surface area contributed by atoms with Gasteiger partial charge in [0.2, 0.25) is 5.91 Å². The average molecular weight is 394 g/mol. The summed E-state index contributed by atoms with van der Waals surface area (Å²) in [5, 5.41) is 7.04. The maximum absolute atomic E-state index is 12.8. The van der Waals surface area contributed by atoms with Crippen molar-refractivity contribution in [3.63, 3.8) is 0 Å². The van der Waals surface area contributed by atoms with Crippen molar-refractivity contribution in [3.8, 4) is 0 Å². The van der Waals surface area contributed by atoms with Crippen molar-refractivity contribution in [2.45, 2.75) is 63.5 Å². The first-order valence-corrected chi connectivity index (χ1v) is 11.2. The van der Waals surface area contributed by atoms with Crippen molar-refractivity contribution >= 4 is 11.9 Å². The molecule has 2 saturated heterocycles. The van der Waals surface area contributed by atoms with Crippen LogP contribution in [0.15, 0.2) is 4.99 Å². The number of amides is 1. The first-order valence-electron chi connectivity index (χ1n) is 11.2. The minimum absolute atomic E-state index is 0.269. The van der Waals surface area contributed by atoms with Crippen LogP contribution in [0.25, 0.3) is 0 Å². The smallest absolute Gasteiger partial charge is 0.225 e. The molecular formula is C21H39N5O2. The molecule has 7 nitrogen and oxygen atoms in total. The molecule has 3 aliphatic rings. The lowest BCUT2D eigenvalue weighted by Gasteiger charge is -2.27. The lowest BCUT2D eigenvalue weighted by atomic mass is 9.88. The number of likely N-dealkylation sites (tertiary alicyclic amines) is 2. The molecule has 0 aromatic rings. The number of nitrogens with zero attached hydrogens (tertiary/aromatic N) is 3. The lowest BCUT2D eigenvalue weighted by molar-refractivity contribution is -0.135. The Bertz CT molecular complexity index is 521. The van der Waals surface area contributed by atoms with E-state index in [2.05, 4.69) is 25.4 Å². The van der Waals surface area contributed by atoms with Crippen molar-refractivity contribution in [2.75, 3.05) is 53.5 Å². The van der Waals surface area contributed by atoms with E-state index in [0.717, 1.165) is 64.6 Å². The van der Waals surface area contributed by atoms with Crippen LogP contribution in [0.1, 0.15) is 51.4 Å². The summed E-state index contributed by atoms with van der Waals surface area (Å²) in [6.07, 6.45) is 9.36. The van der Waals surface area contributed by atoms with Gasteiger partial charge in [-0.15, -0.1) is 0 Å². The van der Waals surface area contributed by atoms with Gasteiger partial charge in [-0.2, -0.15) is 0 Å². The zero-order valence-electron chi connectivity index (χ0n) is 17.8. The normalized spacial score (nSPS) is 27.4. The Kier molecular flexibility index (Phi) is 8.40. The SMILES string of the molecule is CN=C(NCC1CCCN1CCOC)NC1CCN(C(=O)C2CCCCC2)C1. The van der Waals surface area contributed by atoms with Gasteiger partial charge in [-0.25, -0.2) is 0 Å². The van der Waals surface area contributed by atoms with Crippen molar-refractivity contribution in [1.29, 1.82) is 0 Å². The number of hydrogen-bond donors (Lipinski definition) is 2. The Hall–Kier alpha value is -1.34. The van der Waals surface area contributed by atoms with Crippen LogP contribution in [0.3, 0.4) is 0 Å². The Labute approximate surface area is 170 Å². The minimum Gasteiger partial charge on any atom is -0.383 e. The van der Waals surface area contributed by atoms with Crippen molar-refractivity contribution in [3.05, 3.63) is 0 Å². The molecule has 0 bridgehead atoms. The molecule has 1 saturated carbocycles. The van der Waals surface area contributed by atoms with Gasteiger partial charge in [-0.05, 0) is 38.6 Å². The molecule has 1 amide bonds. The molecule has 28 heavy (non-hydrogen) atoms. The first-order chi connectivity index (χ1) is 13.7. The molecule has 160 valence electrons. The quantitative estimate of drug-likeness (QED) is 0.506. The standard InChI is InChI=1S/C21H39N5O2/c1-22-21(23-15-19-9-6-11-25(19)13-14-28-2)24-18-10-12-26(16-18)20(27)17-7-4-3-5-8-17/h17-19H,3-16H2,1-2H3,(H2,22,23,24). The molecule has 2 aliphatic heterocycles. The molecule has 2 heterocycles. The van der Waals surface area contributed by atoms with Crippen LogP contribution < -0.4 is 10.6 Å². The fourth-order valence-electron chi connectivity index (χ4n) is 4.92. The van der Waals surface area contributed by atoms with E-state index in [-0.39, 0.29) is 5.92 Å². The molecule has 0 aromatic carbocycles. The van der Waals surface area contributed by atoms with Gasteiger partial charge in [-0.3, -0.25) is 14.7 Å². The molecule has 2 atom stereocenters. The van der Waals surface area contributed by atoms with Gasteiger partial charge in [0.25, 0.3) is 0 Å². The predicted octanol–water partition coefficient (Wildman–Crippen LogP) is 1.44. The summed E-state index contributed by atoms with van der Waals surface area (Å²) in [5.41, 5.74) is 0. The van der Waals surface area contributed by atoms with E-state index >= 15 is 0 Å². The van der Waals surface area contributed by atoms with Crippen LogP contribution in [0.2, 0.25) is 0 Å². The topological polar surface area (TPSA) is 69.2 Å². The number of carbonyl (C=O) groups is 1. The molecule has 3 fully saturated rings. The van der Waals surface area contributed by atoms with Crippen LogP contribution in [0.4, 0.5) is 0 Å². The van der Waals surface area contributed by atoms with E-state index < -0.39 is 0 Å². The van der Waals surface area contributed by atoms with E-state index in [4.69, 9.17) is 4.74 Å². The number of carbonyl (C=O) groups excluding carboxylic acids is 1. The van der Waals surface area contributed by atoms with Crippen LogP contribution in [0, 0.1) is 5.92 Å². The van der Waals surface area contributed by atoms with E-state index in [9.17, 15) is 4.79 Å². The number of hydrogen-bond acceptors (Lipinski definition) is 4. The van der Waals surface area contributed by atoms with E-state index in [1.165, 1.54) is 32.1 Å². The summed E-state index contributed by atoms with van der Waals surface area (Å²) in [7, 11) is 3.59. The number of ether oxygens (including phenoxy) is 1. The number of rotatable bonds is 7. The highest BCUT2D eigenvalue weighted by Gasteiger charge is 2.32. The molecule has 0 radical (unpaired) electrons. The molecule has 7 heteroatoms. The van der Waals surface area contributed by atoms with Crippen molar-refractivity contribution < 1.29 is 9.53 Å². The number of nitrogens with one attached hydrogen (secondary N) is 2. The summed E-state index contributed by atoms with van der Waals surface area (Å²) in [4.78, 5) is 21.7. The summed E-state index contributed by atoms with van der Waals surface area (Å²) in [5.74, 6) is 1.51.